The summed E-state index contributed by atoms with van der Waals surface area (Å²) >= 11 is 1.30. The van der Waals surface area contributed by atoms with Crippen molar-refractivity contribution in [1.82, 2.24) is 0 Å². The van der Waals surface area contributed by atoms with Gasteiger partial charge in [0.05, 0.1) is 18.5 Å². The quantitative estimate of drug-likeness (QED) is 0.651. The maximum Gasteiger partial charge on any atom is 0.321 e. The minimum absolute atomic E-state index is 0.127. The van der Waals surface area contributed by atoms with E-state index in [1.54, 1.807) is 6.92 Å². The van der Waals surface area contributed by atoms with Crippen LogP contribution in [0.2, 0.25) is 0 Å². The molecule has 1 fully saturated rings. The van der Waals surface area contributed by atoms with Gasteiger partial charge >= 0.3 is 5.97 Å². The average Bonchev–Trinajstić information content (AvgIpc) is 2.17. The van der Waals surface area contributed by atoms with Crippen molar-refractivity contribution in [3.8, 4) is 0 Å². The lowest BCUT2D eigenvalue weighted by Crippen LogP contribution is -2.40. The number of hydrogen-bond donors (Lipinski definition) is 0. The summed E-state index contributed by atoms with van der Waals surface area (Å²) in [7, 11) is 1.51. The molecule has 80 valence electrons. The smallest absolute Gasteiger partial charge is 0.321 e. The van der Waals surface area contributed by atoms with Crippen molar-refractivity contribution >= 4 is 23.5 Å². The highest BCUT2D eigenvalue weighted by Crippen LogP contribution is 2.26. The van der Waals surface area contributed by atoms with Gasteiger partial charge in [-0.25, -0.2) is 0 Å². The zero-order valence-corrected chi connectivity index (χ0v) is 9.13. The van der Waals surface area contributed by atoms with E-state index in [-0.39, 0.29) is 23.1 Å². The highest BCUT2D eigenvalue weighted by atomic mass is 32.2. The Hall–Kier alpha value is -0.550. The fourth-order valence-electron chi connectivity index (χ4n) is 1.33. The number of ether oxygens (including phenoxy) is 2. The lowest BCUT2D eigenvalue weighted by molar-refractivity contribution is -0.145. The van der Waals surface area contributed by atoms with Gasteiger partial charge < -0.3 is 9.47 Å². The van der Waals surface area contributed by atoms with Crippen LogP contribution >= 0.6 is 11.8 Å². The first-order chi connectivity index (χ1) is 6.69. The third-order valence-electron chi connectivity index (χ3n) is 2.01. The first-order valence-corrected chi connectivity index (χ1v) is 5.56. The number of carbonyl (C=O) groups excluding carboxylic acids is 2. The van der Waals surface area contributed by atoms with Crippen LogP contribution in [0, 0.1) is 0 Å². The molecule has 1 rings (SSSR count). The number of hydrogen-bond acceptors (Lipinski definition) is 5. The van der Waals surface area contributed by atoms with E-state index in [4.69, 9.17) is 9.47 Å². The molecule has 1 aliphatic rings. The Labute approximate surface area is 87.3 Å². The van der Waals surface area contributed by atoms with Gasteiger partial charge in [0, 0.05) is 13.5 Å². The summed E-state index contributed by atoms with van der Waals surface area (Å²) in [6.07, 6.45) is -0.0206. The third kappa shape index (κ3) is 2.72. The number of rotatable bonds is 3. The fraction of sp³-hybridized carbons (Fsp3) is 0.778. The summed E-state index contributed by atoms with van der Waals surface area (Å²) in [6.45, 7) is 2.12. The minimum atomic E-state index is -0.349. The molecule has 1 aliphatic heterocycles. The molecule has 1 heterocycles. The van der Waals surface area contributed by atoms with E-state index in [0.717, 1.165) is 0 Å². The topological polar surface area (TPSA) is 52.6 Å². The number of methoxy groups -OCH3 is 1. The summed E-state index contributed by atoms with van der Waals surface area (Å²) in [5.74, 6) is 0.225. The molecule has 0 radical (unpaired) electrons. The maximum atomic E-state index is 11.4. The van der Waals surface area contributed by atoms with Crippen LogP contribution in [0.4, 0.5) is 0 Å². The van der Waals surface area contributed by atoms with Gasteiger partial charge in [-0.15, -0.1) is 11.8 Å². The van der Waals surface area contributed by atoms with Crippen LogP contribution in [0.5, 0.6) is 0 Å². The summed E-state index contributed by atoms with van der Waals surface area (Å²) in [4.78, 5) is 22.5. The van der Waals surface area contributed by atoms with Gasteiger partial charge in [0.2, 0.25) is 0 Å². The minimum Gasteiger partial charge on any atom is -0.465 e. The summed E-state index contributed by atoms with van der Waals surface area (Å²) < 4.78 is 10.00. The molecule has 0 aromatic rings. The molecule has 1 saturated heterocycles. The van der Waals surface area contributed by atoms with E-state index in [0.29, 0.717) is 18.8 Å². The summed E-state index contributed by atoms with van der Waals surface area (Å²) in [6, 6.07) is 0. The van der Waals surface area contributed by atoms with Crippen molar-refractivity contribution in [3.05, 3.63) is 0 Å². The highest BCUT2D eigenvalue weighted by Gasteiger charge is 2.36. The van der Waals surface area contributed by atoms with Gasteiger partial charge in [0.15, 0.2) is 0 Å². The molecule has 0 aromatic heterocycles. The SMILES string of the molecule is CCOC(=O)[C@H]1SCC(=O)C[C@H]1OC. The van der Waals surface area contributed by atoms with E-state index in [1.807, 2.05) is 0 Å². The van der Waals surface area contributed by atoms with Crippen LogP contribution in [0.3, 0.4) is 0 Å². The molecule has 14 heavy (non-hydrogen) atoms. The Kier molecular flexibility index (Phi) is 4.41. The second-order valence-electron chi connectivity index (χ2n) is 3.00. The van der Waals surface area contributed by atoms with Gasteiger partial charge in [0.25, 0.3) is 0 Å². The monoisotopic (exact) mass is 218 g/mol. The standard InChI is InChI=1S/C9H14O4S/c1-3-13-9(11)8-7(12-2)4-6(10)5-14-8/h7-8H,3-5H2,1-2H3/t7-,8+/m1/s1. The molecule has 2 atom stereocenters. The number of thioether (sulfide) groups is 1. The Morgan fingerprint density at radius 1 is 1.64 bits per heavy atom. The largest absolute Gasteiger partial charge is 0.465 e. The number of Topliss-reactive ketones (excluding diaryl/α,β-unsaturated/α-hetero) is 1. The molecule has 0 spiro atoms. The zero-order chi connectivity index (χ0) is 10.6. The Morgan fingerprint density at radius 2 is 2.36 bits per heavy atom. The van der Waals surface area contributed by atoms with Crippen LogP contribution in [-0.2, 0) is 19.1 Å². The molecule has 0 N–H and O–H groups in total. The summed E-state index contributed by atoms with van der Waals surface area (Å²) in [5, 5.41) is -0.349. The van der Waals surface area contributed by atoms with E-state index < -0.39 is 0 Å². The van der Waals surface area contributed by atoms with Crippen LogP contribution < -0.4 is 0 Å². The zero-order valence-electron chi connectivity index (χ0n) is 8.32. The number of carbonyl (C=O) groups is 2. The second-order valence-corrected chi connectivity index (χ2v) is 4.13. The fourth-order valence-corrected chi connectivity index (χ4v) is 2.44. The first-order valence-electron chi connectivity index (χ1n) is 4.51. The van der Waals surface area contributed by atoms with Crippen LogP contribution in [0.1, 0.15) is 13.3 Å². The van der Waals surface area contributed by atoms with Gasteiger partial charge in [-0.05, 0) is 6.92 Å². The van der Waals surface area contributed by atoms with Gasteiger partial charge in [-0.3, -0.25) is 9.59 Å². The van der Waals surface area contributed by atoms with Gasteiger partial charge in [-0.1, -0.05) is 0 Å². The summed E-state index contributed by atoms with van der Waals surface area (Å²) in [5.41, 5.74) is 0. The Balaban J connectivity index is 2.57. The third-order valence-corrected chi connectivity index (χ3v) is 3.36. The van der Waals surface area contributed by atoms with Crippen LogP contribution in [0.25, 0.3) is 0 Å². The molecule has 0 amide bonds. The molecule has 5 heteroatoms. The predicted molar refractivity (Wildman–Crippen MR) is 53.3 cm³/mol. The van der Waals surface area contributed by atoms with E-state index in [2.05, 4.69) is 0 Å². The molecule has 0 bridgehead atoms. The second kappa shape index (κ2) is 5.36. The van der Waals surface area contributed by atoms with E-state index >= 15 is 0 Å². The Morgan fingerprint density at radius 3 is 2.93 bits per heavy atom. The lowest BCUT2D eigenvalue weighted by Gasteiger charge is -2.27. The predicted octanol–water partition coefficient (Wildman–Crippen LogP) is 0.639. The van der Waals surface area contributed by atoms with Gasteiger partial charge in [0.1, 0.15) is 11.0 Å². The molecule has 0 aliphatic carbocycles. The van der Waals surface area contributed by atoms with Crippen molar-refractivity contribution in [2.45, 2.75) is 24.7 Å². The van der Waals surface area contributed by atoms with E-state index in [1.165, 1.54) is 18.9 Å². The van der Waals surface area contributed by atoms with Crippen molar-refractivity contribution in [1.29, 1.82) is 0 Å². The molecular weight excluding hydrogens is 204 g/mol. The van der Waals surface area contributed by atoms with Gasteiger partial charge in [-0.2, -0.15) is 0 Å². The molecule has 4 nitrogen and oxygen atoms in total. The van der Waals surface area contributed by atoms with Crippen molar-refractivity contribution < 1.29 is 19.1 Å². The normalized spacial score (nSPS) is 27.4. The van der Waals surface area contributed by atoms with Crippen LogP contribution in [-0.4, -0.2) is 42.6 Å². The maximum absolute atomic E-state index is 11.4. The highest BCUT2D eigenvalue weighted by molar-refractivity contribution is 8.01. The van der Waals surface area contributed by atoms with Crippen LogP contribution in [0.15, 0.2) is 0 Å². The Bertz CT molecular complexity index is 229. The molecular formula is C9H14O4S. The lowest BCUT2D eigenvalue weighted by atomic mass is 10.1. The first kappa shape index (κ1) is 11.5. The van der Waals surface area contributed by atoms with E-state index in [9.17, 15) is 9.59 Å². The number of ketones is 1. The number of esters is 1. The van der Waals surface area contributed by atoms with Crippen molar-refractivity contribution in [2.75, 3.05) is 19.5 Å². The molecule has 0 unspecified atom stereocenters. The molecule has 0 saturated carbocycles. The molecule has 0 aromatic carbocycles. The van der Waals surface area contributed by atoms with Crippen molar-refractivity contribution in [2.24, 2.45) is 0 Å². The van der Waals surface area contributed by atoms with Crippen molar-refractivity contribution in [3.63, 3.8) is 0 Å². The average molecular weight is 218 g/mol.